The highest BCUT2D eigenvalue weighted by molar-refractivity contribution is 5.86. The molecule has 1 nitrogen and oxygen atoms in total. The maximum atomic E-state index is 4.61. The van der Waals surface area contributed by atoms with E-state index in [1.165, 1.54) is 61.5 Å². The second kappa shape index (κ2) is 6.95. The lowest BCUT2D eigenvalue weighted by atomic mass is 9.79. The van der Waals surface area contributed by atoms with Crippen LogP contribution in [0.3, 0.4) is 0 Å². The predicted molar refractivity (Wildman–Crippen MR) is 126 cm³/mol. The molecular formula is C29H25N. The van der Waals surface area contributed by atoms with E-state index >= 15 is 0 Å². The topological polar surface area (TPSA) is 12.4 Å². The normalized spacial score (nSPS) is 18.6. The minimum Gasteiger partial charge on any atom is -0.268 e. The SMILES string of the molecule is Cc1ccc2c(c1)=CCc1c3c(ccc1=2)=C(C1C=NC=Cc2ccccc21)CCC3. The highest BCUT2D eigenvalue weighted by atomic mass is 14.7. The standard InChI is InChI=1S/C29H25N/c1-19-9-11-23-21(17-19)10-12-27-24-7-4-8-25(28(24)14-13-26(23)27)29-18-30-16-15-20-5-2-3-6-22(20)29/h2-3,5-6,9-11,13-18,29H,4,7-8,12H2,1H3. The summed E-state index contributed by atoms with van der Waals surface area (Å²) >= 11 is 0. The molecule has 6 rings (SSSR count). The van der Waals surface area contributed by atoms with E-state index < -0.39 is 0 Å². The van der Waals surface area contributed by atoms with Crippen LogP contribution in [0.15, 0.2) is 65.8 Å². The first-order valence-electron chi connectivity index (χ1n) is 11.0. The van der Waals surface area contributed by atoms with E-state index in [0.717, 1.165) is 12.8 Å². The molecule has 1 atom stereocenters. The van der Waals surface area contributed by atoms with Crippen LogP contribution >= 0.6 is 0 Å². The van der Waals surface area contributed by atoms with Gasteiger partial charge in [0.25, 0.3) is 0 Å². The molecule has 0 spiro atoms. The molecule has 1 heteroatoms. The van der Waals surface area contributed by atoms with Crippen LogP contribution in [0.4, 0.5) is 0 Å². The van der Waals surface area contributed by atoms with Crippen molar-refractivity contribution in [1.29, 1.82) is 0 Å². The van der Waals surface area contributed by atoms with Crippen molar-refractivity contribution in [3.05, 3.63) is 109 Å². The van der Waals surface area contributed by atoms with Gasteiger partial charge in [-0.2, -0.15) is 0 Å². The van der Waals surface area contributed by atoms with E-state index in [9.17, 15) is 0 Å². The number of aryl methyl sites for hydroxylation is 1. The Kier molecular flexibility index (Phi) is 4.09. The summed E-state index contributed by atoms with van der Waals surface area (Å²) in [4.78, 5) is 4.61. The first kappa shape index (κ1) is 17.7. The number of nitrogens with zero attached hydrogens (tertiary/aromatic N) is 1. The van der Waals surface area contributed by atoms with Crippen LogP contribution < -0.4 is 10.4 Å². The Morgan fingerprint density at radius 1 is 0.867 bits per heavy atom. The minimum atomic E-state index is 0.260. The van der Waals surface area contributed by atoms with Crippen LogP contribution in [0, 0.1) is 17.4 Å². The van der Waals surface area contributed by atoms with Crippen molar-refractivity contribution < 1.29 is 0 Å². The molecule has 0 aromatic heterocycles. The van der Waals surface area contributed by atoms with Crippen molar-refractivity contribution in [1.82, 2.24) is 0 Å². The average Bonchev–Trinajstić information content (AvgIpc) is 3.00. The third kappa shape index (κ3) is 2.73. The zero-order chi connectivity index (χ0) is 20.1. The van der Waals surface area contributed by atoms with E-state index in [1.54, 1.807) is 5.56 Å². The monoisotopic (exact) mass is 387 g/mol. The largest absolute Gasteiger partial charge is 0.268 e. The molecule has 1 aliphatic heterocycles. The lowest BCUT2D eigenvalue weighted by molar-refractivity contribution is 0.788. The van der Waals surface area contributed by atoms with Crippen LogP contribution in [0.2, 0.25) is 0 Å². The maximum absolute atomic E-state index is 4.61. The third-order valence-electron chi connectivity index (χ3n) is 6.96. The zero-order valence-electron chi connectivity index (χ0n) is 17.4. The number of aliphatic imine (C=N–C) groups is 1. The van der Waals surface area contributed by atoms with Gasteiger partial charge in [-0.15, -0.1) is 0 Å². The molecule has 0 bridgehead atoms. The number of hydrogen-bond acceptors (Lipinski definition) is 1. The molecule has 2 aliphatic carbocycles. The Balaban J connectivity index is 1.64. The van der Waals surface area contributed by atoms with Gasteiger partial charge in [-0.3, -0.25) is 4.99 Å². The van der Waals surface area contributed by atoms with E-state index in [1.807, 2.05) is 6.20 Å². The lowest BCUT2D eigenvalue weighted by Gasteiger charge is -2.25. The molecule has 0 radical (unpaired) electrons. The van der Waals surface area contributed by atoms with Crippen LogP contribution in [-0.2, 0) is 12.8 Å². The molecule has 0 saturated heterocycles. The summed E-state index contributed by atoms with van der Waals surface area (Å²) in [6.07, 6.45) is 13.2. The number of hydrogen-bond donors (Lipinski definition) is 0. The molecule has 3 aliphatic rings. The van der Waals surface area contributed by atoms with Crippen molar-refractivity contribution in [2.45, 2.75) is 38.5 Å². The fraction of sp³-hybridized carbons (Fsp3) is 0.207. The zero-order valence-corrected chi connectivity index (χ0v) is 17.4. The highest BCUT2D eigenvalue weighted by Gasteiger charge is 2.23. The van der Waals surface area contributed by atoms with Crippen LogP contribution in [0.1, 0.15) is 46.6 Å². The third-order valence-corrected chi connectivity index (χ3v) is 6.96. The molecule has 0 saturated carbocycles. The van der Waals surface area contributed by atoms with E-state index in [0.29, 0.717) is 0 Å². The first-order valence-corrected chi connectivity index (χ1v) is 11.0. The van der Waals surface area contributed by atoms with Gasteiger partial charge >= 0.3 is 0 Å². The van der Waals surface area contributed by atoms with Crippen molar-refractivity contribution in [2.75, 3.05) is 0 Å². The van der Waals surface area contributed by atoms with Gasteiger partial charge in [0.1, 0.15) is 0 Å². The summed E-state index contributed by atoms with van der Waals surface area (Å²) < 4.78 is 0. The molecule has 30 heavy (non-hydrogen) atoms. The summed E-state index contributed by atoms with van der Waals surface area (Å²) in [5.74, 6) is 0.260. The van der Waals surface area contributed by atoms with Gasteiger partial charge in [0.15, 0.2) is 0 Å². The van der Waals surface area contributed by atoms with Gasteiger partial charge in [0, 0.05) is 18.3 Å². The Morgan fingerprint density at radius 3 is 2.70 bits per heavy atom. The summed E-state index contributed by atoms with van der Waals surface area (Å²) in [6.45, 7) is 2.18. The number of rotatable bonds is 1. The molecule has 0 amide bonds. The van der Waals surface area contributed by atoms with Gasteiger partial charge < -0.3 is 0 Å². The second-order valence-electron chi connectivity index (χ2n) is 8.72. The Hall–Kier alpha value is -3.19. The maximum Gasteiger partial charge on any atom is 0.0417 e. The molecule has 0 fully saturated rings. The van der Waals surface area contributed by atoms with Gasteiger partial charge in [-0.1, -0.05) is 66.2 Å². The lowest BCUT2D eigenvalue weighted by Crippen LogP contribution is -2.25. The molecule has 3 aromatic rings. The molecule has 0 N–H and O–H groups in total. The molecule has 3 aromatic carbocycles. The van der Waals surface area contributed by atoms with Gasteiger partial charge in [-0.25, -0.2) is 0 Å². The van der Waals surface area contributed by atoms with E-state index in [-0.39, 0.29) is 5.92 Å². The fourth-order valence-electron chi connectivity index (χ4n) is 5.55. The average molecular weight is 388 g/mol. The summed E-state index contributed by atoms with van der Waals surface area (Å²) in [7, 11) is 0. The minimum absolute atomic E-state index is 0.260. The van der Waals surface area contributed by atoms with Crippen molar-refractivity contribution in [3.8, 4) is 0 Å². The van der Waals surface area contributed by atoms with Crippen molar-refractivity contribution in [3.63, 3.8) is 0 Å². The molecule has 1 heterocycles. The molecule has 146 valence electrons. The Labute approximate surface area is 177 Å². The highest BCUT2D eigenvalue weighted by Crippen LogP contribution is 2.34. The quantitative estimate of drug-likeness (QED) is 0.561. The number of fused-ring (bicyclic) bond motifs is 5. The van der Waals surface area contributed by atoms with E-state index in [2.05, 4.69) is 84.9 Å². The predicted octanol–water partition coefficient (Wildman–Crippen LogP) is 4.94. The fourth-order valence-corrected chi connectivity index (χ4v) is 5.55. The van der Waals surface area contributed by atoms with Crippen LogP contribution in [0.25, 0.3) is 17.7 Å². The number of benzene rings is 3. The van der Waals surface area contributed by atoms with Gasteiger partial charge in [-0.05, 0) is 87.4 Å². The summed E-state index contributed by atoms with van der Waals surface area (Å²) in [5, 5.41) is 5.68. The van der Waals surface area contributed by atoms with Crippen LogP contribution in [-0.4, -0.2) is 6.21 Å². The van der Waals surface area contributed by atoms with Gasteiger partial charge in [0.2, 0.25) is 0 Å². The van der Waals surface area contributed by atoms with Crippen molar-refractivity contribution in [2.24, 2.45) is 4.99 Å². The van der Waals surface area contributed by atoms with Gasteiger partial charge in [0.05, 0.1) is 0 Å². The van der Waals surface area contributed by atoms with E-state index in [4.69, 9.17) is 0 Å². The first-order chi connectivity index (χ1) is 14.8. The Morgan fingerprint density at radius 2 is 1.73 bits per heavy atom. The molecular weight excluding hydrogens is 362 g/mol. The second-order valence-corrected chi connectivity index (χ2v) is 8.72. The molecule has 1 unspecified atom stereocenters. The van der Waals surface area contributed by atoms with Crippen LogP contribution in [0.5, 0.6) is 0 Å². The Bertz CT molecular complexity index is 1450. The van der Waals surface area contributed by atoms with Crippen molar-refractivity contribution >= 4 is 23.9 Å². The summed E-state index contributed by atoms with van der Waals surface area (Å²) in [6, 6.07) is 20.4. The smallest absolute Gasteiger partial charge is 0.0417 e. The summed E-state index contributed by atoms with van der Waals surface area (Å²) in [5.41, 5.74) is 8.64.